The van der Waals surface area contributed by atoms with E-state index in [4.69, 9.17) is 21.1 Å². The third-order valence-corrected chi connectivity index (χ3v) is 7.13. The zero-order chi connectivity index (χ0) is 23.4. The van der Waals surface area contributed by atoms with Crippen LogP contribution < -0.4 is 19.1 Å². The standard InChI is InChI=1S/C24H23ClN2O5S/c1-17-5-4-6-19(15-17)31-14-13-26-24(28)23-16-27(21-7-2-3-8-22(21)32-23)33(29,30)20-11-9-18(25)10-12-20/h2-12,15,23H,13-14,16H2,1H3,(H,26,28)/t23-/m1/s1. The zero-order valence-electron chi connectivity index (χ0n) is 17.9. The Labute approximate surface area is 197 Å². The van der Waals surface area contributed by atoms with Crippen LogP contribution in [-0.4, -0.2) is 40.1 Å². The van der Waals surface area contributed by atoms with E-state index in [2.05, 4.69) is 5.32 Å². The van der Waals surface area contributed by atoms with Gasteiger partial charge in [-0.15, -0.1) is 0 Å². The number of ether oxygens (including phenoxy) is 2. The first kappa shape index (κ1) is 22.9. The smallest absolute Gasteiger partial charge is 0.264 e. The highest BCUT2D eigenvalue weighted by Crippen LogP contribution is 2.36. The molecule has 3 aromatic carbocycles. The Morgan fingerprint density at radius 3 is 2.64 bits per heavy atom. The molecular formula is C24H23ClN2O5S. The second-order valence-corrected chi connectivity index (χ2v) is 9.82. The van der Waals surface area contributed by atoms with Crippen LogP contribution in [0.1, 0.15) is 5.56 Å². The van der Waals surface area contributed by atoms with Gasteiger partial charge in [0.05, 0.1) is 23.7 Å². The van der Waals surface area contributed by atoms with Crippen molar-refractivity contribution in [3.8, 4) is 11.5 Å². The normalized spacial score (nSPS) is 15.3. The number of anilines is 1. The number of carbonyl (C=O) groups is 1. The highest BCUT2D eigenvalue weighted by atomic mass is 35.5. The Morgan fingerprint density at radius 2 is 1.88 bits per heavy atom. The van der Waals surface area contributed by atoms with Crippen molar-refractivity contribution in [2.24, 2.45) is 0 Å². The number of fused-ring (bicyclic) bond motifs is 1. The predicted molar refractivity (Wildman–Crippen MR) is 127 cm³/mol. The highest BCUT2D eigenvalue weighted by molar-refractivity contribution is 7.92. The van der Waals surface area contributed by atoms with Gasteiger partial charge in [0, 0.05) is 5.02 Å². The Kier molecular flexibility index (Phi) is 6.76. The number of rotatable bonds is 7. The lowest BCUT2D eigenvalue weighted by atomic mass is 10.2. The molecule has 0 saturated carbocycles. The SMILES string of the molecule is Cc1cccc(OCCNC(=O)[C@H]2CN(S(=O)(=O)c3ccc(Cl)cc3)c3ccccc3O2)c1. The summed E-state index contributed by atoms with van der Waals surface area (Å²) >= 11 is 5.91. The minimum absolute atomic E-state index is 0.0781. The number of nitrogens with one attached hydrogen (secondary N) is 1. The van der Waals surface area contributed by atoms with Crippen LogP contribution in [0, 0.1) is 6.92 Å². The van der Waals surface area contributed by atoms with E-state index in [1.807, 2.05) is 31.2 Å². The largest absolute Gasteiger partial charge is 0.492 e. The molecule has 0 radical (unpaired) electrons. The van der Waals surface area contributed by atoms with Crippen molar-refractivity contribution in [2.45, 2.75) is 17.9 Å². The monoisotopic (exact) mass is 486 g/mol. The molecule has 0 fully saturated rings. The molecule has 1 atom stereocenters. The molecule has 1 amide bonds. The molecule has 0 aromatic heterocycles. The third kappa shape index (κ3) is 5.23. The van der Waals surface area contributed by atoms with Gasteiger partial charge in [0.15, 0.2) is 6.10 Å². The molecular weight excluding hydrogens is 464 g/mol. The van der Waals surface area contributed by atoms with Gasteiger partial charge in [0.2, 0.25) is 0 Å². The molecule has 0 unspecified atom stereocenters. The summed E-state index contributed by atoms with van der Waals surface area (Å²) in [6, 6.07) is 20.2. The number of sulfonamides is 1. The van der Waals surface area contributed by atoms with Crippen molar-refractivity contribution in [3.63, 3.8) is 0 Å². The van der Waals surface area contributed by atoms with E-state index in [0.29, 0.717) is 22.2 Å². The zero-order valence-corrected chi connectivity index (χ0v) is 19.5. The Morgan fingerprint density at radius 1 is 1.12 bits per heavy atom. The van der Waals surface area contributed by atoms with Crippen molar-refractivity contribution in [1.82, 2.24) is 5.32 Å². The van der Waals surface area contributed by atoms with Crippen LogP contribution in [0.25, 0.3) is 0 Å². The molecule has 7 nitrogen and oxygen atoms in total. The molecule has 0 bridgehead atoms. The van der Waals surface area contributed by atoms with Gasteiger partial charge < -0.3 is 14.8 Å². The van der Waals surface area contributed by atoms with Crippen LogP contribution in [0.2, 0.25) is 5.02 Å². The van der Waals surface area contributed by atoms with Crippen LogP contribution in [0.3, 0.4) is 0 Å². The molecule has 172 valence electrons. The number of hydrogen-bond donors (Lipinski definition) is 1. The lowest BCUT2D eigenvalue weighted by Gasteiger charge is -2.34. The van der Waals surface area contributed by atoms with Crippen LogP contribution in [0.15, 0.2) is 77.7 Å². The molecule has 3 aromatic rings. The Hall–Kier alpha value is -3.23. The average molecular weight is 487 g/mol. The Balaban J connectivity index is 1.46. The van der Waals surface area contributed by atoms with Crippen LogP contribution in [-0.2, 0) is 14.8 Å². The maximum absolute atomic E-state index is 13.3. The topological polar surface area (TPSA) is 84.9 Å². The summed E-state index contributed by atoms with van der Waals surface area (Å²) < 4.78 is 39.4. The van der Waals surface area contributed by atoms with E-state index in [1.54, 1.807) is 24.3 Å². The van der Waals surface area contributed by atoms with Crippen molar-refractivity contribution < 1.29 is 22.7 Å². The molecule has 4 rings (SSSR count). The number of aryl methyl sites for hydroxylation is 1. The minimum atomic E-state index is -3.93. The first-order valence-electron chi connectivity index (χ1n) is 10.4. The molecule has 1 aliphatic rings. The van der Waals surface area contributed by atoms with Gasteiger partial charge >= 0.3 is 0 Å². The van der Waals surface area contributed by atoms with Crippen LogP contribution >= 0.6 is 11.6 Å². The van der Waals surface area contributed by atoms with Crippen molar-refractivity contribution in [2.75, 3.05) is 24.0 Å². The molecule has 1 heterocycles. The average Bonchev–Trinajstić information content (AvgIpc) is 2.81. The summed E-state index contributed by atoms with van der Waals surface area (Å²) in [6.07, 6.45) is -1.01. The fourth-order valence-corrected chi connectivity index (χ4v) is 5.06. The second-order valence-electron chi connectivity index (χ2n) is 7.52. The summed E-state index contributed by atoms with van der Waals surface area (Å²) in [4.78, 5) is 12.9. The van der Waals surface area contributed by atoms with E-state index in [0.717, 1.165) is 5.56 Å². The van der Waals surface area contributed by atoms with Crippen LogP contribution in [0.5, 0.6) is 11.5 Å². The lowest BCUT2D eigenvalue weighted by Crippen LogP contribution is -2.51. The van der Waals surface area contributed by atoms with Gasteiger partial charge in [-0.05, 0) is 61.0 Å². The van der Waals surface area contributed by atoms with E-state index < -0.39 is 22.0 Å². The number of benzene rings is 3. The second kappa shape index (κ2) is 9.72. The van der Waals surface area contributed by atoms with Gasteiger partial charge in [-0.25, -0.2) is 8.42 Å². The summed E-state index contributed by atoms with van der Waals surface area (Å²) in [5, 5.41) is 3.19. The molecule has 0 saturated heterocycles. The first-order chi connectivity index (χ1) is 15.8. The fourth-order valence-electron chi connectivity index (χ4n) is 3.46. The Bertz CT molecular complexity index is 1250. The molecule has 1 aliphatic heterocycles. The number of para-hydroxylation sites is 2. The van der Waals surface area contributed by atoms with E-state index in [-0.39, 0.29) is 24.6 Å². The van der Waals surface area contributed by atoms with E-state index in [1.165, 1.54) is 28.6 Å². The lowest BCUT2D eigenvalue weighted by molar-refractivity contribution is -0.127. The maximum Gasteiger partial charge on any atom is 0.264 e. The van der Waals surface area contributed by atoms with Crippen molar-refractivity contribution in [3.05, 3.63) is 83.4 Å². The fraction of sp³-hybridized carbons (Fsp3) is 0.208. The molecule has 0 aliphatic carbocycles. The minimum Gasteiger partial charge on any atom is -0.492 e. The number of nitrogens with zero attached hydrogens (tertiary/aromatic N) is 1. The first-order valence-corrected chi connectivity index (χ1v) is 12.2. The quantitative estimate of drug-likeness (QED) is 0.513. The van der Waals surface area contributed by atoms with Crippen molar-refractivity contribution in [1.29, 1.82) is 0 Å². The van der Waals surface area contributed by atoms with Gasteiger partial charge in [0.1, 0.15) is 18.1 Å². The summed E-state index contributed by atoms with van der Waals surface area (Å²) in [6.45, 7) is 2.33. The van der Waals surface area contributed by atoms with Gasteiger partial charge in [0.25, 0.3) is 15.9 Å². The van der Waals surface area contributed by atoms with Gasteiger partial charge in [-0.3, -0.25) is 9.10 Å². The summed E-state index contributed by atoms with van der Waals surface area (Å²) in [7, 11) is -3.93. The summed E-state index contributed by atoms with van der Waals surface area (Å²) in [5.74, 6) is 0.610. The molecule has 33 heavy (non-hydrogen) atoms. The van der Waals surface area contributed by atoms with E-state index in [9.17, 15) is 13.2 Å². The highest BCUT2D eigenvalue weighted by Gasteiger charge is 2.37. The molecule has 0 spiro atoms. The number of hydrogen-bond acceptors (Lipinski definition) is 5. The van der Waals surface area contributed by atoms with E-state index >= 15 is 0 Å². The van der Waals surface area contributed by atoms with Gasteiger partial charge in [-0.2, -0.15) is 0 Å². The number of amides is 1. The predicted octanol–water partition coefficient (Wildman–Crippen LogP) is 3.80. The van der Waals surface area contributed by atoms with Gasteiger partial charge in [-0.1, -0.05) is 35.9 Å². The maximum atomic E-state index is 13.3. The third-order valence-electron chi connectivity index (χ3n) is 5.09. The number of carbonyl (C=O) groups excluding carboxylic acids is 1. The summed E-state index contributed by atoms with van der Waals surface area (Å²) in [5.41, 5.74) is 1.45. The molecule has 1 N–H and O–H groups in total. The molecule has 9 heteroatoms. The number of halogens is 1. The van der Waals surface area contributed by atoms with Crippen molar-refractivity contribution >= 4 is 33.2 Å². The van der Waals surface area contributed by atoms with Crippen LogP contribution in [0.4, 0.5) is 5.69 Å².